The molecule has 1 fully saturated rings. The largest absolute Gasteiger partial charge is 0.494 e. The summed E-state index contributed by atoms with van der Waals surface area (Å²) in [7, 11) is -3.74. The van der Waals surface area contributed by atoms with Crippen LogP contribution in [-0.4, -0.2) is 69.7 Å². The maximum absolute atomic E-state index is 13.2. The van der Waals surface area contributed by atoms with Gasteiger partial charge in [0, 0.05) is 18.0 Å². The van der Waals surface area contributed by atoms with Gasteiger partial charge in [0.15, 0.2) is 0 Å². The van der Waals surface area contributed by atoms with Crippen molar-refractivity contribution in [1.29, 1.82) is 0 Å². The van der Waals surface area contributed by atoms with E-state index in [4.69, 9.17) is 9.47 Å². The van der Waals surface area contributed by atoms with Crippen LogP contribution >= 0.6 is 11.8 Å². The number of nitrogens with one attached hydrogen (secondary N) is 1. The number of unbranched alkanes of at least 4 members (excludes halogenated alkanes) is 1. The molecule has 0 aromatic heterocycles. The molecule has 4 rings (SSSR count). The van der Waals surface area contributed by atoms with E-state index in [0.29, 0.717) is 25.5 Å². The first-order valence-electron chi connectivity index (χ1n) is 12.5. The third kappa shape index (κ3) is 6.64. The van der Waals surface area contributed by atoms with Crippen molar-refractivity contribution in [1.82, 2.24) is 9.62 Å². The number of hydrogen-bond donors (Lipinski definition) is 1. The number of fused-ring (bicyclic) bond motifs is 1. The molecule has 0 saturated carbocycles. The minimum atomic E-state index is -3.74. The molecule has 2 aliphatic heterocycles. The van der Waals surface area contributed by atoms with Crippen molar-refractivity contribution in [3.8, 4) is 5.75 Å². The lowest BCUT2D eigenvalue weighted by Gasteiger charge is -2.30. The predicted molar refractivity (Wildman–Crippen MR) is 142 cm³/mol. The van der Waals surface area contributed by atoms with Crippen LogP contribution in [0.25, 0.3) is 0 Å². The summed E-state index contributed by atoms with van der Waals surface area (Å²) in [5, 5.41) is 2.94. The Bertz CT molecular complexity index is 1210. The van der Waals surface area contributed by atoms with Gasteiger partial charge in [0.05, 0.1) is 42.2 Å². The van der Waals surface area contributed by atoms with Gasteiger partial charge in [0.2, 0.25) is 21.8 Å². The fourth-order valence-electron chi connectivity index (χ4n) is 4.15. The van der Waals surface area contributed by atoms with E-state index in [1.54, 1.807) is 12.1 Å². The molecule has 0 bridgehead atoms. The summed E-state index contributed by atoms with van der Waals surface area (Å²) in [5.41, 5.74) is 1.35. The minimum Gasteiger partial charge on any atom is -0.494 e. The van der Waals surface area contributed by atoms with Crippen molar-refractivity contribution in [2.24, 2.45) is 0 Å². The first kappa shape index (κ1) is 27.4. The highest BCUT2D eigenvalue weighted by Gasteiger charge is 2.31. The SMILES string of the molecule is CCCCOc1ccc([C@@H](C)NC(=O)CN2C(=O)CSc3ccc(S(=O)(=O)N4CCOCC4)cc32)cc1. The number of morpholine rings is 1. The summed E-state index contributed by atoms with van der Waals surface area (Å²) in [6.45, 7) is 5.70. The quantitative estimate of drug-likeness (QED) is 0.456. The van der Waals surface area contributed by atoms with Crippen molar-refractivity contribution in [2.75, 3.05) is 50.1 Å². The summed E-state index contributed by atoms with van der Waals surface area (Å²) in [5.74, 6) is 0.398. The first-order valence-corrected chi connectivity index (χ1v) is 14.9. The number of thioether (sulfide) groups is 1. The highest BCUT2D eigenvalue weighted by Crippen LogP contribution is 2.37. The van der Waals surface area contributed by atoms with Crippen LogP contribution in [-0.2, 0) is 24.3 Å². The summed E-state index contributed by atoms with van der Waals surface area (Å²) in [6.07, 6.45) is 2.06. The summed E-state index contributed by atoms with van der Waals surface area (Å²) in [4.78, 5) is 28.0. The molecule has 200 valence electrons. The highest BCUT2D eigenvalue weighted by molar-refractivity contribution is 8.00. The second-order valence-electron chi connectivity index (χ2n) is 8.97. The van der Waals surface area contributed by atoms with Gasteiger partial charge < -0.3 is 19.7 Å². The Kier molecular flexibility index (Phi) is 9.12. The number of sulfonamides is 1. The molecular weight excluding hydrogens is 514 g/mol. The van der Waals surface area contributed by atoms with Crippen LogP contribution in [0.2, 0.25) is 0 Å². The summed E-state index contributed by atoms with van der Waals surface area (Å²) in [6, 6.07) is 12.1. The molecule has 0 radical (unpaired) electrons. The van der Waals surface area contributed by atoms with Crippen molar-refractivity contribution in [2.45, 2.75) is 42.5 Å². The Morgan fingerprint density at radius 1 is 1.16 bits per heavy atom. The first-order chi connectivity index (χ1) is 17.8. The van der Waals surface area contributed by atoms with E-state index in [-0.39, 0.29) is 48.1 Å². The fourth-order valence-corrected chi connectivity index (χ4v) is 6.50. The Labute approximate surface area is 222 Å². The standard InChI is InChI=1S/C26H33N3O6S2/c1-3-4-13-35-21-7-5-20(6-8-21)19(2)27-25(30)17-29-23-16-22(9-10-24(23)36-18-26(29)31)37(32,33)28-11-14-34-15-12-28/h5-10,16,19H,3-4,11-15,17-18H2,1-2H3,(H,27,30)/t19-/m1/s1. The van der Waals surface area contributed by atoms with Gasteiger partial charge in [-0.1, -0.05) is 25.5 Å². The lowest BCUT2D eigenvalue weighted by atomic mass is 10.1. The maximum atomic E-state index is 13.2. The monoisotopic (exact) mass is 547 g/mol. The zero-order valence-electron chi connectivity index (χ0n) is 21.1. The molecule has 2 heterocycles. The average Bonchev–Trinajstić information content (AvgIpc) is 2.91. The zero-order valence-corrected chi connectivity index (χ0v) is 22.8. The number of ether oxygens (including phenoxy) is 2. The van der Waals surface area contributed by atoms with Gasteiger partial charge in [-0.15, -0.1) is 11.8 Å². The van der Waals surface area contributed by atoms with Crippen LogP contribution in [0.15, 0.2) is 52.3 Å². The van der Waals surface area contributed by atoms with Gasteiger partial charge in [-0.3, -0.25) is 9.59 Å². The number of hydrogen-bond acceptors (Lipinski definition) is 7. The molecule has 2 aromatic rings. The number of carbonyl (C=O) groups is 2. The number of nitrogens with zero attached hydrogens (tertiary/aromatic N) is 2. The van der Waals surface area contributed by atoms with E-state index in [2.05, 4.69) is 12.2 Å². The van der Waals surface area contributed by atoms with Gasteiger partial charge in [-0.2, -0.15) is 4.31 Å². The highest BCUT2D eigenvalue weighted by atomic mass is 32.2. The van der Waals surface area contributed by atoms with Crippen LogP contribution in [0.4, 0.5) is 5.69 Å². The van der Waals surface area contributed by atoms with Crippen LogP contribution in [0.3, 0.4) is 0 Å². The van der Waals surface area contributed by atoms with E-state index in [0.717, 1.165) is 29.1 Å². The molecule has 1 saturated heterocycles. The predicted octanol–water partition coefficient (Wildman–Crippen LogP) is 3.20. The van der Waals surface area contributed by atoms with Gasteiger partial charge in [0.1, 0.15) is 12.3 Å². The summed E-state index contributed by atoms with van der Waals surface area (Å²) < 4.78 is 38.7. The van der Waals surface area contributed by atoms with Crippen molar-refractivity contribution < 1.29 is 27.5 Å². The average molecular weight is 548 g/mol. The molecule has 2 aliphatic rings. The molecule has 1 N–H and O–H groups in total. The van der Waals surface area contributed by atoms with E-state index in [1.165, 1.54) is 27.0 Å². The number of anilines is 1. The third-order valence-electron chi connectivity index (χ3n) is 6.31. The maximum Gasteiger partial charge on any atom is 0.243 e. The molecule has 2 aromatic carbocycles. The molecule has 0 aliphatic carbocycles. The molecule has 1 atom stereocenters. The molecule has 11 heteroatoms. The van der Waals surface area contributed by atoms with Gasteiger partial charge in [-0.25, -0.2) is 8.42 Å². The topological polar surface area (TPSA) is 105 Å². The Morgan fingerprint density at radius 2 is 1.89 bits per heavy atom. The second-order valence-corrected chi connectivity index (χ2v) is 11.9. The van der Waals surface area contributed by atoms with Gasteiger partial charge in [0.25, 0.3) is 0 Å². The molecule has 0 unspecified atom stereocenters. The van der Waals surface area contributed by atoms with E-state index in [1.807, 2.05) is 31.2 Å². The Hall–Kier alpha value is -2.60. The van der Waals surface area contributed by atoms with Crippen LogP contribution < -0.4 is 15.0 Å². The number of rotatable bonds is 10. The van der Waals surface area contributed by atoms with Crippen LogP contribution in [0.5, 0.6) is 5.75 Å². The molecular formula is C26H33N3O6S2. The lowest BCUT2D eigenvalue weighted by Crippen LogP contribution is -2.44. The summed E-state index contributed by atoms with van der Waals surface area (Å²) >= 11 is 1.34. The van der Waals surface area contributed by atoms with Crippen molar-refractivity contribution >= 4 is 39.3 Å². The second kappa shape index (κ2) is 12.3. The van der Waals surface area contributed by atoms with E-state index < -0.39 is 10.0 Å². The van der Waals surface area contributed by atoms with Crippen LogP contribution in [0.1, 0.15) is 38.3 Å². The smallest absolute Gasteiger partial charge is 0.243 e. The number of carbonyl (C=O) groups excluding carboxylic acids is 2. The van der Waals surface area contributed by atoms with Gasteiger partial charge >= 0.3 is 0 Å². The number of benzene rings is 2. The van der Waals surface area contributed by atoms with Gasteiger partial charge in [-0.05, 0) is 49.2 Å². The normalized spacial score (nSPS) is 17.2. The molecule has 0 spiro atoms. The minimum absolute atomic E-state index is 0.100. The molecule has 9 nitrogen and oxygen atoms in total. The van der Waals surface area contributed by atoms with E-state index in [9.17, 15) is 18.0 Å². The fraction of sp³-hybridized carbons (Fsp3) is 0.462. The van der Waals surface area contributed by atoms with Crippen molar-refractivity contribution in [3.05, 3.63) is 48.0 Å². The Morgan fingerprint density at radius 3 is 2.59 bits per heavy atom. The van der Waals surface area contributed by atoms with E-state index >= 15 is 0 Å². The van der Waals surface area contributed by atoms with Crippen LogP contribution in [0, 0.1) is 0 Å². The zero-order chi connectivity index (χ0) is 26.4. The number of amides is 2. The lowest BCUT2D eigenvalue weighted by molar-refractivity contribution is -0.123. The third-order valence-corrected chi connectivity index (χ3v) is 9.25. The molecule has 37 heavy (non-hydrogen) atoms. The molecule has 2 amide bonds. The van der Waals surface area contributed by atoms with Crippen molar-refractivity contribution in [3.63, 3.8) is 0 Å². The Balaban J connectivity index is 1.45.